The second-order valence-corrected chi connectivity index (χ2v) is 6.95. The Bertz CT molecular complexity index is 972. The van der Waals surface area contributed by atoms with E-state index in [0.717, 1.165) is 15.9 Å². The molecule has 0 spiro atoms. The van der Waals surface area contributed by atoms with Gasteiger partial charge in [0.2, 0.25) is 0 Å². The van der Waals surface area contributed by atoms with Crippen LogP contribution in [0.2, 0.25) is 0 Å². The predicted molar refractivity (Wildman–Crippen MR) is 103 cm³/mol. The molecule has 1 amide bonds. The van der Waals surface area contributed by atoms with Gasteiger partial charge in [-0.05, 0) is 49.4 Å². The van der Waals surface area contributed by atoms with Gasteiger partial charge in [-0.1, -0.05) is 21.1 Å². The van der Waals surface area contributed by atoms with Crippen molar-refractivity contribution in [1.82, 2.24) is 19.9 Å². The zero-order chi connectivity index (χ0) is 19.6. The van der Waals surface area contributed by atoms with E-state index < -0.39 is 0 Å². The van der Waals surface area contributed by atoms with Gasteiger partial charge in [0.15, 0.2) is 5.69 Å². The van der Waals surface area contributed by atoms with E-state index in [1.165, 1.54) is 11.0 Å². The van der Waals surface area contributed by atoms with Crippen LogP contribution in [-0.2, 0) is 6.54 Å². The monoisotopic (exact) mass is 432 g/mol. The normalized spacial score (nSPS) is 10.7. The molecular formula is C19H18BrFN4O2. The van der Waals surface area contributed by atoms with Crippen molar-refractivity contribution < 1.29 is 13.9 Å². The number of halogens is 2. The van der Waals surface area contributed by atoms with Crippen molar-refractivity contribution in [3.05, 3.63) is 69.7 Å². The van der Waals surface area contributed by atoms with Crippen molar-refractivity contribution in [2.75, 3.05) is 14.2 Å². The number of carbonyl (C=O) groups excluding carboxylic acids is 1. The molecule has 0 aliphatic rings. The molecule has 1 heterocycles. The number of ether oxygens (including phenoxy) is 1. The lowest BCUT2D eigenvalue weighted by Gasteiger charge is -2.17. The summed E-state index contributed by atoms with van der Waals surface area (Å²) in [5, 5.41) is 8.11. The molecule has 8 heteroatoms. The molecule has 0 saturated carbocycles. The highest BCUT2D eigenvalue weighted by Crippen LogP contribution is 2.20. The molecule has 0 radical (unpaired) electrons. The molecule has 0 fully saturated rings. The van der Waals surface area contributed by atoms with Crippen LogP contribution in [0, 0.1) is 12.7 Å². The summed E-state index contributed by atoms with van der Waals surface area (Å²) in [4.78, 5) is 14.2. The molecule has 0 aliphatic heterocycles. The minimum Gasteiger partial charge on any atom is -0.497 e. The highest BCUT2D eigenvalue weighted by molar-refractivity contribution is 9.10. The van der Waals surface area contributed by atoms with Crippen LogP contribution in [0.4, 0.5) is 4.39 Å². The van der Waals surface area contributed by atoms with Gasteiger partial charge >= 0.3 is 0 Å². The van der Waals surface area contributed by atoms with E-state index in [1.54, 1.807) is 50.0 Å². The van der Waals surface area contributed by atoms with Crippen molar-refractivity contribution >= 4 is 21.8 Å². The van der Waals surface area contributed by atoms with Gasteiger partial charge in [0, 0.05) is 23.6 Å². The van der Waals surface area contributed by atoms with Crippen LogP contribution in [0.15, 0.2) is 46.9 Å². The summed E-state index contributed by atoms with van der Waals surface area (Å²) < 4.78 is 21.4. The third-order valence-electron chi connectivity index (χ3n) is 4.18. The zero-order valence-corrected chi connectivity index (χ0v) is 16.7. The molecule has 0 aliphatic carbocycles. The van der Waals surface area contributed by atoms with Gasteiger partial charge < -0.3 is 9.64 Å². The van der Waals surface area contributed by atoms with Crippen molar-refractivity contribution in [2.24, 2.45) is 0 Å². The van der Waals surface area contributed by atoms with Crippen LogP contribution in [0.5, 0.6) is 5.75 Å². The third-order valence-corrected chi connectivity index (χ3v) is 4.67. The maximum atomic E-state index is 14.0. The Morgan fingerprint density at radius 1 is 1.26 bits per heavy atom. The highest BCUT2D eigenvalue weighted by atomic mass is 79.9. The zero-order valence-electron chi connectivity index (χ0n) is 15.1. The Labute approximate surface area is 164 Å². The standard InChI is InChI=1S/C19H18BrFN4O2/c1-12-18(22-23-25(12)15-5-7-16(27-3)8-6-15)19(26)24(2)11-13-10-14(20)4-9-17(13)21/h4-10H,11H2,1-3H3. The van der Waals surface area contributed by atoms with Gasteiger partial charge in [0.1, 0.15) is 11.6 Å². The summed E-state index contributed by atoms with van der Waals surface area (Å²) in [7, 11) is 3.20. The lowest BCUT2D eigenvalue weighted by atomic mass is 10.2. The van der Waals surface area contributed by atoms with Gasteiger partial charge in [-0.25, -0.2) is 9.07 Å². The Morgan fingerprint density at radius 2 is 1.96 bits per heavy atom. The number of methoxy groups -OCH3 is 1. The second-order valence-electron chi connectivity index (χ2n) is 6.03. The number of benzene rings is 2. The van der Waals surface area contributed by atoms with E-state index in [9.17, 15) is 9.18 Å². The number of carbonyl (C=O) groups is 1. The number of hydrogen-bond acceptors (Lipinski definition) is 4. The van der Waals surface area contributed by atoms with Crippen molar-refractivity contribution in [3.63, 3.8) is 0 Å². The van der Waals surface area contributed by atoms with Crippen molar-refractivity contribution in [3.8, 4) is 11.4 Å². The van der Waals surface area contributed by atoms with E-state index in [2.05, 4.69) is 26.2 Å². The molecule has 27 heavy (non-hydrogen) atoms. The van der Waals surface area contributed by atoms with Gasteiger partial charge in [-0.15, -0.1) is 5.10 Å². The maximum absolute atomic E-state index is 14.0. The van der Waals surface area contributed by atoms with Crippen LogP contribution in [0.25, 0.3) is 5.69 Å². The van der Waals surface area contributed by atoms with E-state index in [-0.39, 0.29) is 24.0 Å². The van der Waals surface area contributed by atoms with Crippen LogP contribution >= 0.6 is 15.9 Å². The minimum atomic E-state index is -0.364. The fourth-order valence-electron chi connectivity index (χ4n) is 2.67. The first-order valence-corrected chi connectivity index (χ1v) is 8.96. The maximum Gasteiger partial charge on any atom is 0.276 e. The van der Waals surface area contributed by atoms with Crippen LogP contribution < -0.4 is 4.74 Å². The number of nitrogens with zero attached hydrogens (tertiary/aromatic N) is 4. The molecule has 3 aromatic rings. The highest BCUT2D eigenvalue weighted by Gasteiger charge is 2.21. The number of amides is 1. The molecular weight excluding hydrogens is 415 g/mol. The molecule has 3 rings (SSSR count). The second kappa shape index (κ2) is 7.87. The molecule has 2 aromatic carbocycles. The van der Waals surface area contributed by atoms with E-state index in [4.69, 9.17) is 4.74 Å². The van der Waals surface area contributed by atoms with E-state index in [0.29, 0.717) is 11.3 Å². The van der Waals surface area contributed by atoms with Crippen LogP contribution in [0.1, 0.15) is 21.7 Å². The van der Waals surface area contributed by atoms with E-state index in [1.807, 2.05) is 12.1 Å². The van der Waals surface area contributed by atoms with Crippen molar-refractivity contribution in [2.45, 2.75) is 13.5 Å². The lowest BCUT2D eigenvalue weighted by molar-refractivity contribution is 0.0777. The lowest BCUT2D eigenvalue weighted by Crippen LogP contribution is -2.27. The summed E-state index contributed by atoms with van der Waals surface area (Å²) in [5.74, 6) is 0.0340. The SMILES string of the molecule is COc1ccc(-n2nnc(C(=O)N(C)Cc3cc(Br)ccc3F)c2C)cc1. The molecule has 0 atom stereocenters. The number of aromatic nitrogens is 3. The number of rotatable bonds is 5. The fraction of sp³-hybridized carbons (Fsp3) is 0.211. The molecule has 0 bridgehead atoms. The molecule has 0 unspecified atom stereocenters. The Kier molecular flexibility index (Phi) is 5.55. The quantitative estimate of drug-likeness (QED) is 0.615. The van der Waals surface area contributed by atoms with Gasteiger partial charge in [0.25, 0.3) is 5.91 Å². The first-order chi connectivity index (χ1) is 12.9. The topological polar surface area (TPSA) is 60.2 Å². The van der Waals surface area contributed by atoms with Gasteiger partial charge in [-0.2, -0.15) is 0 Å². The predicted octanol–water partition coefficient (Wildman–Crippen LogP) is 3.76. The summed E-state index contributed by atoms with van der Waals surface area (Å²) in [6.07, 6.45) is 0. The first kappa shape index (κ1) is 19.0. The summed E-state index contributed by atoms with van der Waals surface area (Å²) in [6, 6.07) is 11.9. The molecule has 0 N–H and O–H groups in total. The molecule has 6 nitrogen and oxygen atoms in total. The average molecular weight is 433 g/mol. The molecule has 0 saturated heterocycles. The van der Waals surface area contributed by atoms with Crippen LogP contribution in [0.3, 0.4) is 0 Å². The van der Waals surface area contributed by atoms with Gasteiger partial charge in [-0.3, -0.25) is 4.79 Å². The van der Waals surface area contributed by atoms with Gasteiger partial charge in [0.05, 0.1) is 18.5 Å². The molecule has 1 aromatic heterocycles. The summed E-state index contributed by atoms with van der Waals surface area (Å²) in [6.45, 7) is 1.89. The first-order valence-electron chi connectivity index (χ1n) is 8.17. The Morgan fingerprint density at radius 3 is 2.63 bits per heavy atom. The summed E-state index contributed by atoms with van der Waals surface area (Å²) >= 11 is 3.31. The Balaban J connectivity index is 1.82. The third kappa shape index (κ3) is 4.00. The number of hydrogen-bond donors (Lipinski definition) is 0. The summed E-state index contributed by atoms with van der Waals surface area (Å²) in [5.41, 5.74) is 2.01. The average Bonchev–Trinajstić information content (AvgIpc) is 3.05. The largest absolute Gasteiger partial charge is 0.497 e. The smallest absolute Gasteiger partial charge is 0.276 e. The van der Waals surface area contributed by atoms with E-state index >= 15 is 0 Å². The van der Waals surface area contributed by atoms with Crippen LogP contribution in [-0.4, -0.2) is 40.0 Å². The minimum absolute atomic E-state index is 0.124. The van der Waals surface area contributed by atoms with Crippen molar-refractivity contribution in [1.29, 1.82) is 0 Å². The fourth-order valence-corrected chi connectivity index (χ4v) is 3.08. The molecule has 140 valence electrons. The Hall–Kier alpha value is -2.74.